The number of hydrogen-bond acceptors (Lipinski definition) is 13. The molecule has 0 heterocycles. The Morgan fingerprint density at radius 3 is 2.10 bits per heavy atom. The fourth-order valence-electron chi connectivity index (χ4n) is 11.9. The molecule has 350 valence electrons. The van der Waals surface area contributed by atoms with Gasteiger partial charge >= 0.3 is 17.9 Å². The standard InChI is InChI=1S/C46H68N4O13/c1-31(4-13-43(54)62-27-26-61-25-24-60-23-22-59-21-20-58-19-18-48-49-47)38-11-12-39-37-10-7-34-30-36(14-16-45(34,2)40(37)15-17-46(38,39)3)63-44(55)33(29-42(52)53)28-41(51)32-5-8-35(9-6-32)50(56)57/h5-6,8-9,31,33-34,36-40H,4,7,10-30H2,1-3H3,(H,52,53)/t31-,33+,34-,36-,37+,38?,39+,40+,45+,46-/m1/s1. The first-order valence-corrected chi connectivity index (χ1v) is 22.9. The number of carboxylic acid groups (broad SMARTS) is 1. The molecule has 4 saturated carbocycles. The van der Waals surface area contributed by atoms with Crippen LogP contribution in [0, 0.1) is 62.4 Å². The fourth-order valence-corrected chi connectivity index (χ4v) is 11.9. The van der Waals surface area contributed by atoms with Gasteiger partial charge in [0, 0.05) is 42.0 Å². The molecule has 0 amide bonds. The molecule has 0 aliphatic heterocycles. The number of nitrogens with zero attached hydrogens (tertiary/aromatic N) is 4. The summed E-state index contributed by atoms with van der Waals surface area (Å²) < 4.78 is 33.2. The van der Waals surface area contributed by atoms with Crippen LogP contribution in [0.25, 0.3) is 10.4 Å². The summed E-state index contributed by atoms with van der Waals surface area (Å²) in [6.07, 6.45) is 9.29. The van der Waals surface area contributed by atoms with E-state index in [1.807, 2.05) is 0 Å². The first kappa shape index (κ1) is 49.9. The molecular weight excluding hydrogens is 817 g/mol. The van der Waals surface area contributed by atoms with E-state index in [0.29, 0.717) is 108 Å². The van der Waals surface area contributed by atoms with E-state index in [9.17, 15) is 34.4 Å². The van der Waals surface area contributed by atoms with Crippen LogP contribution in [0.5, 0.6) is 0 Å². The predicted molar refractivity (Wildman–Crippen MR) is 230 cm³/mol. The van der Waals surface area contributed by atoms with Crippen LogP contribution >= 0.6 is 0 Å². The molecule has 1 aromatic carbocycles. The molecule has 1 aromatic rings. The lowest BCUT2D eigenvalue weighted by atomic mass is 9.44. The second kappa shape index (κ2) is 24.2. The molecule has 63 heavy (non-hydrogen) atoms. The average molecular weight is 885 g/mol. The number of ether oxygens (including phenoxy) is 6. The lowest BCUT2D eigenvalue weighted by Gasteiger charge is -2.61. The maximum Gasteiger partial charge on any atom is 0.310 e. The van der Waals surface area contributed by atoms with E-state index in [4.69, 9.17) is 34.0 Å². The molecule has 5 rings (SSSR count). The summed E-state index contributed by atoms with van der Waals surface area (Å²) in [6.45, 7) is 11.0. The van der Waals surface area contributed by atoms with Crippen LogP contribution in [0.1, 0.15) is 115 Å². The highest BCUT2D eigenvalue weighted by Crippen LogP contribution is 2.68. The molecule has 0 saturated heterocycles. The maximum atomic E-state index is 13.4. The average Bonchev–Trinajstić information content (AvgIpc) is 3.62. The number of Topliss-reactive ketones (excluding diaryl/α,β-unsaturated/α-hetero) is 1. The van der Waals surface area contributed by atoms with Gasteiger partial charge in [0.05, 0.1) is 70.1 Å². The number of esters is 2. The molecule has 17 nitrogen and oxygen atoms in total. The van der Waals surface area contributed by atoms with Gasteiger partial charge in [-0.3, -0.25) is 29.3 Å². The molecule has 17 heteroatoms. The van der Waals surface area contributed by atoms with Crippen LogP contribution in [-0.2, 0) is 42.8 Å². The Bertz CT molecular complexity index is 1740. The maximum absolute atomic E-state index is 13.4. The molecule has 1 unspecified atom stereocenters. The SMILES string of the molecule is C[C@H](CCC(=O)OCCOCCOCCOCCOCCN=[N+]=[N-])C1CC[C@H]2[C@@H]3CC[C@@H]4C[C@H](OC(=O)[C@H](CC(=O)O)CC(=O)c5ccc([N+](=O)[O-])cc5)CC[C@]4(C)[C@H]3CC[C@]12C. The number of nitro groups is 1. The van der Waals surface area contributed by atoms with Gasteiger partial charge in [0.25, 0.3) is 5.69 Å². The van der Waals surface area contributed by atoms with E-state index < -0.39 is 35.0 Å². The van der Waals surface area contributed by atoms with Gasteiger partial charge in [-0.15, -0.1) is 0 Å². The lowest BCUT2D eigenvalue weighted by molar-refractivity contribution is -0.384. The molecule has 4 aliphatic rings. The molecule has 1 N–H and O–H groups in total. The Labute approximate surface area is 370 Å². The van der Waals surface area contributed by atoms with Crippen molar-refractivity contribution >= 4 is 29.4 Å². The Kier molecular flexibility index (Phi) is 19.2. The minimum absolute atomic E-state index is 0.131. The predicted octanol–water partition coefficient (Wildman–Crippen LogP) is 8.17. The van der Waals surface area contributed by atoms with Crippen molar-refractivity contribution in [2.24, 2.45) is 57.4 Å². The van der Waals surface area contributed by atoms with Crippen molar-refractivity contribution < 1.29 is 57.6 Å². The molecule has 0 aromatic heterocycles. The van der Waals surface area contributed by atoms with E-state index in [1.54, 1.807) is 0 Å². The Balaban J connectivity index is 0.995. The zero-order valence-corrected chi connectivity index (χ0v) is 37.3. The number of ketones is 1. The summed E-state index contributed by atoms with van der Waals surface area (Å²) in [7, 11) is 0. The van der Waals surface area contributed by atoms with Crippen molar-refractivity contribution in [2.45, 2.75) is 110 Å². The number of benzene rings is 1. The van der Waals surface area contributed by atoms with E-state index in [-0.39, 0.29) is 47.2 Å². The molecule has 4 fully saturated rings. The lowest BCUT2D eigenvalue weighted by Crippen LogP contribution is -2.54. The molecule has 10 atom stereocenters. The fraction of sp³-hybridized carbons (Fsp3) is 0.783. The second-order valence-corrected chi connectivity index (χ2v) is 18.6. The number of carbonyl (C=O) groups excluding carboxylic acids is 3. The van der Waals surface area contributed by atoms with Crippen LogP contribution in [0.2, 0.25) is 0 Å². The van der Waals surface area contributed by atoms with Crippen LogP contribution in [0.4, 0.5) is 5.69 Å². The van der Waals surface area contributed by atoms with Gasteiger partial charge in [-0.25, -0.2) is 0 Å². The van der Waals surface area contributed by atoms with E-state index in [0.717, 1.165) is 32.1 Å². The number of non-ortho nitro benzene ring substituents is 1. The number of fused-ring (bicyclic) bond motifs is 5. The molecule has 0 spiro atoms. The third-order valence-corrected chi connectivity index (χ3v) is 15.1. The number of rotatable bonds is 27. The zero-order chi connectivity index (χ0) is 45.4. The molecular formula is C46H68N4O13. The molecule has 0 bridgehead atoms. The highest BCUT2D eigenvalue weighted by molar-refractivity contribution is 5.98. The second-order valence-electron chi connectivity index (χ2n) is 18.6. The summed E-state index contributed by atoms with van der Waals surface area (Å²) in [5, 5.41) is 24.0. The van der Waals surface area contributed by atoms with Crippen LogP contribution in [-0.4, -0.2) is 106 Å². The Morgan fingerprint density at radius 1 is 0.841 bits per heavy atom. The Morgan fingerprint density at radius 2 is 1.46 bits per heavy atom. The van der Waals surface area contributed by atoms with Gasteiger partial charge < -0.3 is 33.5 Å². The summed E-state index contributed by atoms with van der Waals surface area (Å²) in [5.74, 6) is -0.440. The van der Waals surface area contributed by atoms with Gasteiger partial charge in [-0.2, -0.15) is 0 Å². The van der Waals surface area contributed by atoms with Gasteiger partial charge in [-0.1, -0.05) is 25.9 Å². The third kappa shape index (κ3) is 13.7. The normalized spacial score (nSPS) is 28.3. The van der Waals surface area contributed by atoms with E-state index in [2.05, 4.69) is 30.8 Å². The van der Waals surface area contributed by atoms with Gasteiger partial charge in [0.1, 0.15) is 12.7 Å². The summed E-state index contributed by atoms with van der Waals surface area (Å²) >= 11 is 0. The van der Waals surface area contributed by atoms with E-state index >= 15 is 0 Å². The first-order chi connectivity index (χ1) is 30.3. The highest BCUT2D eigenvalue weighted by Gasteiger charge is 2.60. The van der Waals surface area contributed by atoms with Crippen LogP contribution < -0.4 is 0 Å². The van der Waals surface area contributed by atoms with Crippen molar-refractivity contribution in [2.75, 3.05) is 66.0 Å². The molecule has 4 aliphatic carbocycles. The highest BCUT2D eigenvalue weighted by atomic mass is 16.6. The van der Waals surface area contributed by atoms with Gasteiger partial charge in [0.2, 0.25) is 0 Å². The van der Waals surface area contributed by atoms with Crippen molar-refractivity contribution in [3.63, 3.8) is 0 Å². The van der Waals surface area contributed by atoms with Crippen LogP contribution in [0.15, 0.2) is 29.4 Å². The monoisotopic (exact) mass is 884 g/mol. The number of nitro benzene ring substituents is 1. The minimum atomic E-state index is -1.20. The first-order valence-electron chi connectivity index (χ1n) is 22.9. The number of hydrogen-bond donors (Lipinski definition) is 1. The van der Waals surface area contributed by atoms with Gasteiger partial charge in [-0.05, 0) is 128 Å². The summed E-state index contributed by atoms with van der Waals surface area (Å²) in [6, 6.07) is 5.07. The van der Waals surface area contributed by atoms with Crippen molar-refractivity contribution in [1.82, 2.24) is 0 Å². The minimum Gasteiger partial charge on any atom is -0.481 e. The summed E-state index contributed by atoms with van der Waals surface area (Å²) in [5.41, 5.74) is 8.60. The summed E-state index contributed by atoms with van der Waals surface area (Å²) in [4.78, 5) is 64.0. The topological polar surface area (TPSA) is 236 Å². The zero-order valence-electron chi connectivity index (χ0n) is 37.3. The van der Waals surface area contributed by atoms with E-state index in [1.165, 1.54) is 49.9 Å². The quantitative estimate of drug-likeness (QED) is 0.0128. The molecule has 0 radical (unpaired) electrons. The number of carboxylic acids is 1. The number of azide groups is 1. The smallest absolute Gasteiger partial charge is 0.310 e. The van der Waals surface area contributed by atoms with Crippen molar-refractivity contribution in [3.05, 3.63) is 50.4 Å². The Hall–Kier alpha value is -4.15. The largest absolute Gasteiger partial charge is 0.481 e. The van der Waals surface area contributed by atoms with Crippen molar-refractivity contribution in [1.29, 1.82) is 0 Å². The number of aliphatic carboxylic acids is 1. The van der Waals surface area contributed by atoms with Crippen molar-refractivity contribution in [3.8, 4) is 0 Å². The number of carbonyl (C=O) groups is 4. The van der Waals surface area contributed by atoms with Gasteiger partial charge in [0.15, 0.2) is 5.78 Å². The van der Waals surface area contributed by atoms with Crippen LogP contribution in [0.3, 0.4) is 0 Å². The third-order valence-electron chi connectivity index (χ3n) is 15.1.